The van der Waals surface area contributed by atoms with Crippen LogP contribution in [0.1, 0.15) is 6.92 Å². The van der Waals surface area contributed by atoms with E-state index in [-0.39, 0.29) is 5.91 Å². The van der Waals surface area contributed by atoms with Gasteiger partial charge in [0.2, 0.25) is 5.91 Å². The van der Waals surface area contributed by atoms with Crippen molar-refractivity contribution >= 4 is 34.2 Å². The molecule has 0 aliphatic carbocycles. The number of carbonyl (C=O) groups is 1. The summed E-state index contributed by atoms with van der Waals surface area (Å²) in [6.45, 7) is 1.48. The summed E-state index contributed by atoms with van der Waals surface area (Å²) in [5.74, 6) is 0.537. The van der Waals surface area contributed by atoms with Gasteiger partial charge in [0.1, 0.15) is 0 Å². The van der Waals surface area contributed by atoms with Crippen LogP contribution in [0.3, 0.4) is 0 Å². The third-order valence-electron chi connectivity index (χ3n) is 3.69. The molecule has 0 aliphatic rings. The Bertz CT molecular complexity index is 1030. The predicted molar refractivity (Wildman–Crippen MR) is 95.6 cm³/mol. The van der Waals surface area contributed by atoms with E-state index in [0.717, 1.165) is 27.8 Å². The lowest BCUT2D eigenvalue weighted by Gasteiger charge is -2.03. The van der Waals surface area contributed by atoms with E-state index < -0.39 is 0 Å². The van der Waals surface area contributed by atoms with Gasteiger partial charge in [-0.3, -0.25) is 9.89 Å². The lowest BCUT2D eigenvalue weighted by atomic mass is 10.2. The zero-order valence-corrected chi connectivity index (χ0v) is 13.4. The highest BCUT2D eigenvalue weighted by atomic mass is 16.4. The van der Waals surface area contributed by atoms with Gasteiger partial charge in [-0.25, -0.2) is 4.98 Å². The van der Waals surface area contributed by atoms with Gasteiger partial charge in [0, 0.05) is 29.2 Å². The highest BCUT2D eigenvalue weighted by Crippen LogP contribution is 2.26. The molecule has 0 radical (unpaired) electrons. The summed E-state index contributed by atoms with van der Waals surface area (Å²) in [4.78, 5) is 15.3. The van der Waals surface area contributed by atoms with E-state index >= 15 is 0 Å². The molecule has 25 heavy (non-hydrogen) atoms. The zero-order valence-electron chi connectivity index (χ0n) is 13.4. The fourth-order valence-corrected chi connectivity index (χ4v) is 2.53. The third-order valence-corrected chi connectivity index (χ3v) is 3.69. The smallest absolute Gasteiger partial charge is 0.299 e. The number of amides is 1. The maximum absolute atomic E-state index is 11.1. The van der Waals surface area contributed by atoms with E-state index in [0.29, 0.717) is 11.8 Å². The first-order chi connectivity index (χ1) is 12.2. The fourth-order valence-electron chi connectivity index (χ4n) is 2.53. The Labute approximate surface area is 143 Å². The first-order valence-electron chi connectivity index (χ1n) is 7.71. The topological polar surface area (TPSA) is 95.8 Å². The van der Waals surface area contributed by atoms with Crippen LogP contribution in [0.2, 0.25) is 0 Å². The summed E-state index contributed by atoms with van der Waals surface area (Å²) in [6.07, 6.45) is 3.42. The Morgan fingerprint density at radius 1 is 1.08 bits per heavy atom. The Hall–Kier alpha value is -3.61. The van der Waals surface area contributed by atoms with E-state index in [1.54, 1.807) is 12.4 Å². The fraction of sp³-hybridized carbons (Fsp3) is 0.0556. The van der Waals surface area contributed by atoms with Crippen LogP contribution in [0, 0.1) is 0 Å². The van der Waals surface area contributed by atoms with Gasteiger partial charge < -0.3 is 15.1 Å². The van der Waals surface area contributed by atoms with Crippen LogP contribution in [-0.2, 0) is 4.79 Å². The summed E-state index contributed by atoms with van der Waals surface area (Å²) in [6, 6.07) is 13.6. The van der Waals surface area contributed by atoms with Crippen LogP contribution in [0.4, 0.5) is 17.4 Å². The monoisotopic (exact) mass is 333 g/mol. The summed E-state index contributed by atoms with van der Waals surface area (Å²) >= 11 is 0. The van der Waals surface area contributed by atoms with E-state index in [4.69, 9.17) is 4.42 Å². The average Bonchev–Trinajstić information content (AvgIpc) is 3.24. The molecule has 2 aromatic heterocycles. The summed E-state index contributed by atoms with van der Waals surface area (Å²) in [5.41, 5.74) is 3.45. The van der Waals surface area contributed by atoms with Crippen LogP contribution >= 0.6 is 0 Å². The number of aromatic nitrogens is 3. The van der Waals surface area contributed by atoms with Gasteiger partial charge in [-0.15, -0.1) is 0 Å². The minimum Gasteiger partial charge on any atom is -0.423 e. The standard InChI is InChI=1S/C18H15N5O2/c1-11(24)21-14-4-2-12(3-5-14)17-10-19-18(25-17)22-15-6-7-16-13(8-15)9-20-23-16/h2-10H,1H3,(H,19,22)(H,20,23)(H,21,24). The molecule has 3 N–H and O–H groups in total. The number of hydrogen-bond donors (Lipinski definition) is 3. The lowest BCUT2D eigenvalue weighted by molar-refractivity contribution is -0.114. The number of carbonyl (C=O) groups excluding carboxylic acids is 1. The number of oxazole rings is 1. The highest BCUT2D eigenvalue weighted by Gasteiger charge is 2.08. The molecule has 4 aromatic rings. The van der Waals surface area contributed by atoms with E-state index in [2.05, 4.69) is 25.8 Å². The molecule has 2 aromatic carbocycles. The number of rotatable bonds is 4. The summed E-state index contributed by atoms with van der Waals surface area (Å²) in [5, 5.41) is 13.8. The van der Waals surface area contributed by atoms with E-state index in [1.807, 2.05) is 42.5 Å². The number of nitrogens with one attached hydrogen (secondary N) is 3. The summed E-state index contributed by atoms with van der Waals surface area (Å²) < 4.78 is 5.76. The van der Waals surface area contributed by atoms with Crippen molar-refractivity contribution in [3.05, 3.63) is 54.9 Å². The van der Waals surface area contributed by atoms with Crippen LogP contribution in [0.15, 0.2) is 59.3 Å². The van der Waals surface area contributed by atoms with Gasteiger partial charge in [-0.1, -0.05) is 0 Å². The molecule has 0 aliphatic heterocycles. The number of hydrogen-bond acceptors (Lipinski definition) is 5. The number of benzene rings is 2. The van der Waals surface area contributed by atoms with E-state index in [1.165, 1.54) is 6.92 Å². The number of H-pyrrole nitrogens is 1. The van der Waals surface area contributed by atoms with Crippen LogP contribution in [0.5, 0.6) is 0 Å². The summed E-state index contributed by atoms with van der Waals surface area (Å²) in [7, 11) is 0. The molecule has 1 amide bonds. The third kappa shape index (κ3) is 3.20. The molecule has 0 spiro atoms. The quantitative estimate of drug-likeness (QED) is 0.526. The molecule has 0 fully saturated rings. The van der Waals surface area contributed by atoms with Gasteiger partial charge in [-0.2, -0.15) is 5.10 Å². The number of aromatic amines is 1. The number of nitrogens with zero attached hydrogens (tertiary/aromatic N) is 2. The zero-order chi connectivity index (χ0) is 17.2. The minimum atomic E-state index is -0.103. The Kier molecular flexibility index (Phi) is 3.66. The minimum absolute atomic E-state index is 0.103. The van der Waals surface area contributed by atoms with Crippen molar-refractivity contribution in [2.45, 2.75) is 6.92 Å². The molecular weight excluding hydrogens is 318 g/mol. The van der Waals surface area contributed by atoms with Crippen LogP contribution in [-0.4, -0.2) is 21.1 Å². The van der Waals surface area contributed by atoms with Crippen LogP contribution in [0.25, 0.3) is 22.2 Å². The van der Waals surface area contributed by atoms with Crippen molar-refractivity contribution in [2.75, 3.05) is 10.6 Å². The second kappa shape index (κ2) is 6.12. The molecule has 0 saturated heterocycles. The van der Waals surface area contributed by atoms with Crippen molar-refractivity contribution in [1.82, 2.24) is 15.2 Å². The second-order valence-corrected chi connectivity index (χ2v) is 5.59. The molecule has 7 heteroatoms. The molecule has 0 unspecified atom stereocenters. The van der Waals surface area contributed by atoms with Crippen LogP contribution < -0.4 is 10.6 Å². The van der Waals surface area contributed by atoms with Gasteiger partial charge in [0.05, 0.1) is 17.9 Å². The van der Waals surface area contributed by atoms with Gasteiger partial charge in [0.25, 0.3) is 6.01 Å². The van der Waals surface area contributed by atoms with E-state index in [9.17, 15) is 4.79 Å². The largest absolute Gasteiger partial charge is 0.423 e. The lowest BCUT2D eigenvalue weighted by Crippen LogP contribution is -2.05. The maximum Gasteiger partial charge on any atom is 0.299 e. The molecule has 0 atom stereocenters. The maximum atomic E-state index is 11.1. The predicted octanol–water partition coefficient (Wildman–Crippen LogP) is 3.92. The number of anilines is 3. The molecule has 0 saturated carbocycles. The molecular formula is C18H15N5O2. The van der Waals surface area contributed by atoms with Crippen molar-refractivity contribution < 1.29 is 9.21 Å². The van der Waals surface area contributed by atoms with Gasteiger partial charge in [0.15, 0.2) is 5.76 Å². The number of fused-ring (bicyclic) bond motifs is 1. The van der Waals surface area contributed by atoms with Crippen molar-refractivity contribution in [3.63, 3.8) is 0 Å². The normalized spacial score (nSPS) is 10.8. The first kappa shape index (κ1) is 14.9. The Balaban J connectivity index is 1.52. The second-order valence-electron chi connectivity index (χ2n) is 5.59. The first-order valence-corrected chi connectivity index (χ1v) is 7.71. The molecule has 0 bridgehead atoms. The Morgan fingerprint density at radius 3 is 2.68 bits per heavy atom. The van der Waals surface area contributed by atoms with Crippen molar-refractivity contribution in [1.29, 1.82) is 0 Å². The molecule has 4 rings (SSSR count). The molecule has 7 nitrogen and oxygen atoms in total. The van der Waals surface area contributed by atoms with Crippen molar-refractivity contribution in [2.24, 2.45) is 0 Å². The van der Waals surface area contributed by atoms with Gasteiger partial charge in [-0.05, 0) is 42.5 Å². The highest BCUT2D eigenvalue weighted by molar-refractivity contribution is 5.89. The molecule has 124 valence electrons. The average molecular weight is 333 g/mol. The van der Waals surface area contributed by atoms with Crippen molar-refractivity contribution in [3.8, 4) is 11.3 Å². The van der Waals surface area contributed by atoms with Gasteiger partial charge >= 0.3 is 0 Å². The SMILES string of the molecule is CC(=O)Nc1ccc(-c2cnc(Nc3ccc4[nH]ncc4c3)o2)cc1. The Morgan fingerprint density at radius 2 is 1.88 bits per heavy atom. The molecule has 2 heterocycles.